The second kappa shape index (κ2) is 3.42. The molecule has 0 saturated carbocycles. The maximum absolute atomic E-state index is 5.77. The van der Waals surface area contributed by atoms with Gasteiger partial charge in [0.15, 0.2) is 5.75 Å². The Kier molecular flexibility index (Phi) is 2.27. The molecule has 1 fully saturated rings. The highest BCUT2D eigenvalue weighted by Crippen LogP contribution is 2.24. The van der Waals surface area contributed by atoms with Crippen molar-refractivity contribution in [2.75, 3.05) is 13.1 Å². The van der Waals surface area contributed by atoms with Gasteiger partial charge in [0.25, 0.3) is 0 Å². The molecule has 2 heterocycles. The number of hydrogen-bond acceptors (Lipinski definition) is 3. The van der Waals surface area contributed by atoms with E-state index in [0.29, 0.717) is 6.10 Å². The summed E-state index contributed by atoms with van der Waals surface area (Å²) in [6.45, 7) is 5.88. The number of rotatable bonds is 2. The molecule has 72 valence electrons. The maximum Gasteiger partial charge on any atom is 0.161 e. The first kappa shape index (κ1) is 8.63. The highest BCUT2D eigenvalue weighted by atomic mass is 16.5. The van der Waals surface area contributed by atoms with Gasteiger partial charge in [0.2, 0.25) is 0 Å². The van der Waals surface area contributed by atoms with Gasteiger partial charge in [0.05, 0.1) is 0 Å². The molecule has 1 aliphatic rings. The van der Waals surface area contributed by atoms with Gasteiger partial charge in [-0.2, -0.15) is 0 Å². The van der Waals surface area contributed by atoms with E-state index in [-0.39, 0.29) is 0 Å². The van der Waals surface area contributed by atoms with E-state index >= 15 is 0 Å². The zero-order chi connectivity index (χ0) is 9.26. The fourth-order valence-electron chi connectivity index (χ4n) is 1.63. The van der Waals surface area contributed by atoms with Crippen LogP contribution >= 0.6 is 0 Å². The average molecular weight is 181 g/mol. The van der Waals surface area contributed by atoms with Gasteiger partial charge < -0.3 is 14.5 Å². The Hall–Kier alpha value is -0.960. The van der Waals surface area contributed by atoms with Crippen molar-refractivity contribution in [2.24, 2.45) is 0 Å². The summed E-state index contributed by atoms with van der Waals surface area (Å²) in [5.74, 6) is 2.69. The van der Waals surface area contributed by atoms with E-state index in [1.807, 2.05) is 19.9 Å². The molecule has 1 saturated heterocycles. The Balaban J connectivity index is 2.03. The summed E-state index contributed by atoms with van der Waals surface area (Å²) in [4.78, 5) is 0. The van der Waals surface area contributed by atoms with E-state index in [4.69, 9.17) is 9.15 Å². The molecule has 1 aliphatic heterocycles. The van der Waals surface area contributed by atoms with Gasteiger partial charge in [-0.05, 0) is 26.8 Å². The quantitative estimate of drug-likeness (QED) is 0.753. The normalized spacial score (nSPS) is 22.2. The average Bonchev–Trinajstić information content (AvgIpc) is 2.63. The van der Waals surface area contributed by atoms with Crippen molar-refractivity contribution >= 4 is 0 Å². The molecule has 1 N–H and O–H groups in total. The van der Waals surface area contributed by atoms with Crippen LogP contribution in [0, 0.1) is 13.8 Å². The molecule has 1 atom stereocenters. The minimum absolute atomic E-state index is 0.315. The van der Waals surface area contributed by atoms with E-state index < -0.39 is 0 Å². The molecule has 0 amide bonds. The summed E-state index contributed by atoms with van der Waals surface area (Å²) in [6.07, 6.45) is 1.40. The van der Waals surface area contributed by atoms with Gasteiger partial charge in [-0.3, -0.25) is 0 Å². The topological polar surface area (TPSA) is 34.4 Å². The third-order valence-electron chi connectivity index (χ3n) is 2.30. The van der Waals surface area contributed by atoms with E-state index in [1.165, 1.54) is 0 Å². The molecule has 1 unspecified atom stereocenters. The van der Waals surface area contributed by atoms with Crippen LogP contribution in [0.5, 0.6) is 5.75 Å². The third kappa shape index (κ3) is 1.86. The lowest BCUT2D eigenvalue weighted by molar-refractivity contribution is 0.218. The van der Waals surface area contributed by atoms with Crippen LogP contribution in [0.4, 0.5) is 0 Å². The van der Waals surface area contributed by atoms with Crippen molar-refractivity contribution in [3.8, 4) is 5.75 Å². The minimum Gasteiger partial charge on any atom is -0.485 e. The first-order chi connectivity index (χ1) is 6.25. The molecule has 0 radical (unpaired) electrons. The van der Waals surface area contributed by atoms with Gasteiger partial charge in [-0.15, -0.1) is 0 Å². The van der Waals surface area contributed by atoms with Crippen molar-refractivity contribution in [3.63, 3.8) is 0 Å². The summed E-state index contributed by atoms with van der Waals surface area (Å²) in [6, 6.07) is 1.95. The standard InChI is InChI=1S/C10H15NO2/c1-7-5-10(8(2)12-7)13-9-3-4-11-6-9/h5,9,11H,3-4,6H2,1-2H3. The molecule has 1 aromatic rings. The summed E-state index contributed by atoms with van der Waals surface area (Å²) in [7, 11) is 0. The predicted octanol–water partition coefficient (Wildman–Crippen LogP) is 1.64. The van der Waals surface area contributed by atoms with Crippen LogP contribution < -0.4 is 10.1 Å². The van der Waals surface area contributed by atoms with Gasteiger partial charge in [-0.1, -0.05) is 0 Å². The van der Waals surface area contributed by atoms with E-state index in [2.05, 4.69) is 5.32 Å². The van der Waals surface area contributed by atoms with Crippen molar-refractivity contribution in [1.29, 1.82) is 0 Å². The second-order valence-corrected chi connectivity index (χ2v) is 3.51. The number of nitrogens with one attached hydrogen (secondary N) is 1. The van der Waals surface area contributed by atoms with Crippen molar-refractivity contribution in [2.45, 2.75) is 26.4 Å². The molecule has 13 heavy (non-hydrogen) atoms. The molecule has 3 heteroatoms. The Morgan fingerprint density at radius 1 is 1.54 bits per heavy atom. The predicted molar refractivity (Wildman–Crippen MR) is 50.1 cm³/mol. The molecule has 0 aliphatic carbocycles. The first-order valence-electron chi connectivity index (χ1n) is 4.70. The van der Waals surface area contributed by atoms with Crippen molar-refractivity contribution in [1.82, 2.24) is 5.32 Å². The second-order valence-electron chi connectivity index (χ2n) is 3.51. The first-order valence-corrected chi connectivity index (χ1v) is 4.70. The van der Waals surface area contributed by atoms with Crippen LogP contribution in [0.25, 0.3) is 0 Å². The molecule has 0 bridgehead atoms. The smallest absolute Gasteiger partial charge is 0.161 e. The van der Waals surface area contributed by atoms with Gasteiger partial charge >= 0.3 is 0 Å². The fourth-order valence-corrected chi connectivity index (χ4v) is 1.63. The summed E-state index contributed by atoms with van der Waals surface area (Å²) in [5, 5.41) is 3.26. The monoisotopic (exact) mass is 181 g/mol. The summed E-state index contributed by atoms with van der Waals surface area (Å²) >= 11 is 0. The van der Waals surface area contributed by atoms with Crippen molar-refractivity contribution in [3.05, 3.63) is 17.6 Å². The van der Waals surface area contributed by atoms with Crippen LogP contribution in [0.15, 0.2) is 10.5 Å². The Bertz CT molecular complexity index is 287. The van der Waals surface area contributed by atoms with E-state index in [1.54, 1.807) is 0 Å². The zero-order valence-corrected chi connectivity index (χ0v) is 8.09. The van der Waals surface area contributed by atoms with Gasteiger partial charge in [0, 0.05) is 12.6 Å². The van der Waals surface area contributed by atoms with Gasteiger partial charge in [-0.25, -0.2) is 0 Å². The van der Waals surface area contributed by atoms with Crippen LogP contribution in [0.3, 0.4) is 0 Å². The number of hydrogen-bond donors (Lipinski definition) is 1. The molecule has 1 aromatic heterocycles. The lowest BCUT2D eigenvalue weighted by Crippen LogP contribution is -2.19. The zero-order valence-electron chi connectivity index (χ0n) is 8.09. The van der Waals surface area contributed by atoms with E-state index in [9.17, 15) is 0 Å². The Labute approximate surface area is 78.1 Å². The molecule has 3 nitrogen and oxygen atoms in total. The van der Waals surface area contributed by atoms with Crippen molar-refractivity contribution < 1.29 is 9.15 Å². The number of aryl methyl sites for hydroxylation is 2. The Morgan fingerprint density at radius 3 is 2.92 bits per heavy atom. The Morgan fingerprint density at radius 2 is 2.38 bits per heavy atom. The molecular formula is C10H15NO2. The van der Waals surface area contributed by atoms with Crippen LogP contribution in [0.2, 0.25) is 0 Å². The lowest BCUT2D eigenvalue weighted by atomic mass is 10.3. The maximum atomic E-state index is 5.77. The van der Waals surface area contributed by atoms with Crippen LogP contribution in [-0.4, -0.2) is 19.2 Å². The van der Waals surface area contributed by atoms with Crippen LogP contribution in [0.1, 0.15) is 17.9 Å². The van der Waals surface area contributed by atoms with Crippen LogP contribution in [-0.2, 0) is 0 Å². The number of furan rings is 1. The molecule has 0 spiro atoms. The number of ether oxygens (including phenoxy) is 1. The third-order valence-corrected chi connectivity index (χ3v) is 2.30. The lowest BCUT2D eigenvalue weighted by Gasteiger charge is -2.10. The highest BCUT2D eigenvalue weighted by Gasteiger charge is 2.17. The molecule has 0 aromatic carbocycles. The molecule has 2 rings (SSSR count). The SMILES string of the molecule is Cc1cc(OC2CCNC2)c(C)o1. The highest BCUT2D eigenvalue weighted by molar-refractivity contribution is 5.27. The fraction of sp³-hybridized carbons (Fsp3) is 0.600. The summed E-state index contributed by atoms with van der Waals surface area (Å²) in [5.41, 5.74) is 0. The van der Waals surface area contributed by atoms with Gasteiger partial charge in [0.1, 0.15) is 17.6 Å². The molecular weight excluding hydrogens is 166 g/mol. The van der Waals surface area contributed by atoms with E-state index in [0.717, 1.165) is 36.8 Å². The summed E-state index contributed by atoms with van der Waals surface area (Å²) < 4.78 is 11.2. The largest absolute Gasteiger partial charge is 0.485 e. The minimum atomic E-state index is 0.315.